The van der Waals surface area contributed by atoms with Gasteiger partial charge >= 0.3 is 0 Å². The molecule has 0 fully saturated rings. The fraction of sp³-hybridized carbons (Fsp3) is 1.00. The molecular formula is C20H46O2Si2. The van der Waals surface area contributed by atoms with Crippen molar-refractivity contribution in [1.29, 1.82) is 0 Å². The van der Waals surface area contributed by atoms with E-state index in [1.165, 1.54) is 61.9 Å². The predicted octanol–water partition coefficient (Wildman–Crippen LogP) is 7.37. The highest BCUT2D eigenvalue weighted by atomic mass is 28.4. The van der Waals surface area contributed by atoms with Gasteiger partial charge in [-0.25, -0.2) is 0 Å². The standard InChI is InChI=1S/C20H46O2Si2/c1-7-13-21-23(15-9-3,16-10-4)19-20-24(17-11-5,18-12-6)22-14-8-2/h7-20H2,1-6H3. The van der Waals surface area contributed by atoms with Gasteiger partial charge in [0.05, 0.1) is 0 Å². The SMILES string of the molecule is CCCO[Si](CCC)(CCC)CC[Si](CCC)(CCC)OCCC. The van der Waals surface area contributed by atoms with Crippen molar-refractivity contribution >= 4 is 16.6 Å². The maximum Gasteiger partial charge on any atom is 0.192 e. The fourth-order valence-electron chi connectivity index (χ4n) is 4.10. The van der Waals surface area contributed by atoms with Crippen molar-refractivity contribution in [3.8, 4) is 0 Å². The molecule has 0 radical (unpaired) electrons. The first-order chi connectivity index (χ1) is 11.6. The topological polar surface area (TPSA) is 18.5 Å². The van der Waals surface area contributed by atoms with Crippen LogP contribution in [0.15, 0.2) is 0 Å². The highest BCUT2D eigenvalue weighted by molar-refractivity contribution is 6.79. The summed E-state index contributed by atoms with van der Waals surface area (Å²) in [5, 5.41) is 0. The Labute approximate surface area is 155 Å². The van der Waals surface area contributed by atoms with Crippen molar-refractivity contribution in [3.63, 3.8) is 0 Å². The van der Waals surface area contributed by atoms with Crippen LogP contribution >= 0.6 is 0 Å². The summed E-state index contributed by atoms with van der Waals surface area (Å²) < 4.78 is 13.2. The van der Waals surface area contributed by atoms with Gasteiger partial charge in [0.2, 0.25) is 0 Å². The average molecular weight is 375 g/mol. The van der Waals surface area contributed by atoms with Crippen LogP contribution in [0, 0.1) is 0 Å². The lowest BCUT2D eigenvalue weighted by atomic mass is 10.5. The van der Waals surface area contributed by atoms with Gasteiger partial charge in [0.15, 0.2) is 16.6 Å². The Balaban J connectivity index is 5.14. The molecule has 0 N–H and O–H groups in total. The molecule has 0 aromatic rings. The van der Waals surface area contributed by atoms with Crippen molar-refractivity contribution in [3.05, 3.63) is 0 Å². The van der Waals surface area contributed by atoms with E-state index >= 15 is 0 Å². The smallest absolute Gasteiger partial charge is 0.192 e. The molecule has 24 heavy (non-hydrogen) atoms. The van der Waals surface area contributed by atoms with E-state index in [0.717, 1.165) is 26.1 Å². The van der Waals surface area contributed by atoms with E-state index in [4.69, 9.17) is 8.85 Å². The van der Waals surface area contributed by atoms with E-state index < -0.39 is 16.6 Å². The molecule has 0 spiro atoms. The summed E-state index contributed by atoms with van der Waals surface area (Å²) in [6.45, 7) is 15.8. The van der Waals surface area contributed by atoms with Gasteiger partial charge in [0.1, 0.15) is 0 Å². The second-order valence-electron chi connectivity index (χ2n) is 7.56. The summed E-state index contributed by atoms with van der Waals surface area (Å²) in [6.07, 6.45) is 7.43. The Morgan fingerprint density at radius 1 is 0.417 bits per heavy atom. The van der Waals surface area contributed by atoms with Gasteiger partial charge in [0, 0.05) is 13.2 Å². The number of hydrogen-bond donors (Lipinski definition) is 0. The molecule has 146 valence electrons. The first kappa shape index (κ1) is 24.4. The minimum Gasteiger partial charge on any atom is -0.417 e. The lowest BCUT2D eigenvalue weighted by molar-refractivity contribution is 0.287. The van der Waals surface area contributed by atoms with Gasteiger partial charge in [-0.1, -0.05) is 67.2 Å². The van der Waals surface area contributed by atoms with Crippen LogP contribution in [-0.2, 0) is 8.85 Å². The number of rotatable bonds is 17. The largest absolute Gasteiger partial charge is 0.417 e. The van der Waals surface area contributed by atoms with Crippen molar-refractivity contribution in [2.45, 2.75) is 116 Å². The molecule has 0 aromatic carbocycles. The molecule has 0 aromatic heterocycles. The van der Waals surface area contributed by atoms with Crippen molar-refractivity contribution in [1.82, 2.24) is 0 Å². The predicted molar refractivity (Wildman–Crippen MR) is 114 cm³/mol. The highest BCUT2D eigenvalue weighted by Crippen LogP contribution is 2.35. The molecule has 4 heteroatoms. The van der Waals surface area contributed by atoms with Crippen LogP contribution in [0.5, 0.6) is 0 Å². The summed E-state index contributed by atoms with van der Waals surface area (Å²) in [5.74, 6) is 0. The third kappa shape index (κ3) is 9.16. The number of hydrogen-bond acceptors (Lipinski definition) is 2. The van der Waals surface area contributed by atoms with Crippen molar-refractivity contribution in [2.24, 2.45) is 0 Å². The van der Waals surface area contributed by atoms with E-state index in [9.17, 15) is 0 Å². The van der Waals surface area contributed by atoms with E-state index in [1.807, 2.05) is 0 Å². The van der Waals surface area contributed by atoms with Crippen molar-refractivity contribution in [2.75, 3.05) is 13.2 Å². The van der Waals surface area contributed by atoms with Crippen LogP contribution < -0.4 is 0 Å². The maximum atomic E-state index is 6.62. The molecule has 0 bridgehead atoms. The quantitative estimate of drug-likeness (QED) is 0.247. The van der Waals surface area contributed by atoms with Crippen LogP contribution in [0.1, 0.15) is 80.1 Å². The highest BCUT2D eigenvalue weighted by Gasteiger charge is 2.39. The van der Waals surface area contributed by atoms with Crippen LogP contribution in [0.3, 0.4) is 0 Å². The van der Waals surface area contributed by atoms with E-state index in [0.29, 0.717) is 0 Å². The summed E-state index contributed by atoms with van der Waals surface area (Å²) in [4.78, 5) is 0. The molecule has 0 unspecified atom stereocenters. The third-order valence-electron chi connectivity index (χ3n) is 5.08. The second-order valence-corrected chi connectivity index (χ2v) is 15.9. The third-order valence-corrected chi connectivity index (χ3v) is 15.2. The Kier molecular flexibility index (Phi) is 14.7. The summed E-state index contributed by atoms with van der Waals surface area (Å²) >= 11 is 0. The maximum absolute atomic E-state index is 6.62. The summed E-state index contributed by atoms with van der Waals surface area (Å²) in [5.41, 5.74) is 0. The molecule has 0 aliphatic rings. The molecule has 0 saturated carbocycles. The molecule has 0 rings (SSSR count). The molecule has 0 atom stereocenters. The molecular weight excluding hydrogens is 328 g/mol. The van der Waals surface area contributed by atoms with Crippen LogP contribution in [-0.4, -0.2) is 29.8 Å². The van der Waals surface area contributed by atoms with Gasteiger partial charge in [-0.2, -0.15) is 0 Å². The second kappa shape index (κ2) is 14.5. The van der Waals surface area contributed by atoms with Gasteiger partial charge in [-0.15, -0.1) is 0 Å². The molecule has 0 saturated heterocycles. The van der Waals surface area contributed by atoms with E-state index in [-0.39, 0.29) is 0 Å². The summed E-state index contributed by atoms with van der Waals surface area (Å²) in [6, 6.07) is 8.08. The first-order valence-corrected chi connectivity index (χ1v) is 15.9. The lowest BCUT2D eigenvalue weighted by Crippen LogP contribution is -2.44. The normalized spacial score (nSPS) is 12.8. The minimum atomic E-state index is -1.57. The minimum absolute atomic E-state index is 0.970. The molecule has 2 nitrogen and oxygen atoms in total. The lowest BCUT2D eigenvalue weighted by Gasteiger charge is -2.37. The zero-order chi connectivity index (χ0) is 18.3. The Hall–Kier alpha value is 0.354. The Bertz CT molecular complexity index is 245. The first-order valence-electron chi connectivity index (χ1n) is 10.8. The molecule has 0 amide bonds. The fourth-order valence-corrected chi connectivity index (χ4v) is 15.0. The van der Waals surface area contributed by atoms with Crippen molar-refractivity contribution < 1.29 is 8.85 Å². The van der Waals surface area contributed by atoms with E-state index in [2.05, 4.69) is 41.5 Å². The van der Waals surface area contributed by atoms with E-state index in [1.54, 1.807) is 0 Å². The van der Waals surface area contributed by atoms with Gasteiger partial charge in [-0.3, -0.25) is 0 Å². The molecule has 0 aliphatic carbocycles. The Morgan fingerprint density at radius 3 is 0.917 bits per heavy atom. The molecule has 0 aliphatic heterocycles. The van der Waals surface area contributed by atoms with Crippen LogP contribution in [0.25, 0.3) is 0 Å². The van der Waals surface area contributed by atoms with Gasteiger partial charge < -0.3 is 8.85 Å². The Morgan fingerprint density at radius 2 is 0.708 bits per heavy atom. The van der Waals surface area contributed by atoms with Gasteiger partial charge in [-0.05, 0) is 49.1 Å². The zero-order valence-electron chi connectivity index (χ0n) is 17.7. The zero-order valence-corrected chi connectivity index (χ0v) is 19.7. The monoisotopic (exact) mass is 374 g/mol. The molecule has 0 heterocycles. The van der Waals surface area contributed by atoms with Crippen LogP contribution in [0.2, 0.25) is 36.3 Å². The summed E-state index contributed by atoms with van der Waals surface area (Å²) in [7, 11) is -3.14. The van der Waals surface area contributed by atoms with Crippen LogP contribution in [0.4, 0.5) is 0 Å². The van der Waals surface area contributed by atoms with Gasteiger partial charge in [0.25, 0.3) is 0 Å². The average Bonchev–Trinajstić information content (AvgIpc) is 2.57.